The first-order valence-electron chi connectivity index (χ1n) is 3.96. The molecule has 3 heteroatoms. The second-order valence-electron chi connectivity index (χ2n) is 3.47. The Hall–Kier alpha value is -0.0151. The van der Waals surface area contributed by atoms with Crippen LogP contribution in [-0.4, -0.2) is 25.1 Å². The molecule has 0 aliphatic heterocycles. The average molecular weight is 143 g/mol. The van der Waals surface area contributed by atoms with Crippen molar-refractivity contribution in [1.82, 2.24) is 0 Å². The Morgan fingerprint density at radius 2 is 1.90 bits per heavy atom. The summed E-state index contributed by atoms with van der Waals surface area (Å²) in [5.41, 5.74) is 5.72. The van der Waals surface area contributed by atoms with E-state index in [4.69, 9.17) is 10.8 Å². The van der Waals surface area contributed by atoms with E-state index in [-0.39, 0.29) is 12.1 Å². The van der Waals surface area contributed by atoms with Gasteiger partial charge in [0.15, 0.2) is 0 Å². The van der Waals surface area contributed by atoms with Gasteiger partial charge >= 0.3 is 0 Å². The van der Waals surface area contributed by atoms with Gasteiger partial charge in [0.25, 0.3) is 0 Å². The van der Waals surface area contributed by atoms with Crippen LogP contribution in [0.4, 0.5) is 0 Å². The predicted octanol–water partition coefficient (Wildman–Crippen LogP) is -0.0838. The summed E-state index contributed by atoms with van der Waals surface area (Å²) >= 11 is 0. The lowest BCUT2D eigenvalue weighted by molar-refractivity contribution is 0.173. The average Bonchev–Trinajstić information content (AvgIpc) is 1.58. The summed E-state index contributed by atoms with van der Waals surface area (Å²) in [5.74, 6) is 0.633. The lowest BCUT2D eigenvalue weighted by Crippen LogP contribution is -2.25. The van der Waals surface area contributed by atoms with Crippen molar-refractivity contribution >= 4 is 7.85 Å². The van der Waals surface area contributed by atoms with E-state index >= 15 is 0 Å². The van der Waals surface area contributed by atoms with Crippen molar-refractivity contribution < 1.29 is 5.11 Å². The van der Waals surface area contributed by atoms with Crippen LogP contribution in [0.15, 0.2) is 0 Å². The van der Waals surface area contributed by atoms with Crippen molar-refractivity contribution in [2.75, 3.05) is 0 Å². The van der Waals surface area contributed by atoms with Crippen LogP contribution in [0.5, 0.6) is 0 Å². The molecule has 0 aromatic carbocycles. The predicted molar refractivity (Wildman–Crippen MR) is 46.9 cm³/mol. The van der Waals surface area contributed by atoms with Gasteiger partial charge in [0.05, 0.1) is 6.10 Å². The van der Waals surface area contributed by atoms with E-state index in [1.54, 1.807) is 6.92 Å². The molecule has 0 radical (unpaired) electrons. The maximum Gasteiger partial charge on any atom is 0.105 e. The first-order chi connectivity index (χ1) is 4.52. The van der Waals surface area contributed by atoms with Gasteiger partial charge in [-0.15, -0.1) is 0 Å². The summed E-state index contributed by atoms with van der Waals surface area (Å²) < 4.78 is 0. The van der Waals surface area contributed by atoms with Crippen molar-refractivity contribution in [3.8, 4) is 0 Å². The molecule has 0 aliphatic rings. The van der Waals surface area contributed by atoms with Crippen LogP contribution in [-0.2, 0) is 0 Å². The number of nitrogens with two attached hydrogens (primary N) is 1. The minimum absolute atomic E-state index is 0.167. The minimum atomic E-state index is -0.256. The van der Waals surface area contributed by atoms with Crippen LogP contribution >= 0.6 is 0 Å². The minimum Gasteiger partial charge on any atom is -0.393 e. The summed E-state index contributed by atoms with van der Waals surface area (Å²) in [4.78, 5) is 0. The van der Waals surface area contributed by atoms with Gasteiger partial charge in [-0.1, -0.05) is 12.7 Å². The summed E-state index contributed by atoms with van der Waals surface area (Å²) in [6.45, 7) is 3.92. The molecule has 3 unspecified atom stereocenters. The number of hydrogen-bond acceptors (Lipinski definition) is 2. The Kier molecular flexibility index (Phi) is 4.74. The van der Waals surface area contributed by atoms with Gasteiger partial charge in [0.2, 0.25) is 0 Å². The van der Waals surface area contributed by atoms with Gasteiger partial charge in [0, 0.05) is 6.04 Å². The second kappa shape index (κ2) is 4.75. The van der Waals surface area contributed by atoms with Gasteiger partial charge in [-0.3, -0.25) is 0 Å². The van der Waals surface area contributed by atoms with E-state index in [1.807, 2.05) is 0 Å². The second-order valence-corrected chi connectivity index (χ2v) is 3.47. The van der Waals surface area contributed by atoms with Gasteiger partial charge < -0.3 is 10.8 Å². The molecule has 0 amide bonds. The standard InChI is InChI=1S/C7H18BNO/c1-5(8)3-7(9)4-6(2)10/h5-7,10H,3-4,8-9H2,1-2H3. The highest BCUT2D eigenvalue weighted by molar-refractivity contribution is 6.11. The van der Waals surface area contributed by atoms with Crippen LogP contribution in [0.3, 0.4) is 0 Å². The molecule has 10 heavy (non-hydrogen) atoms. The third kappa shape index (κ3) is 6.11. The highest BCUT2D eigenvalue weighted by Gasteiger charge is 2.07. The van der Waals surface area contributed by atoms with Gasteiger partial charge in [-0.2, -0.15) is 0 Å². The number of rotatable bonds is 4. The highest BCUT2D eigenvalue weighted by Crippen LogP contribution is 2.09. The molecule has 60 valence electrons. The molecule has 0 heterocycles. The van der Waals surface area contributed by atoms with Crippen molar-refractivity contribution in [3.63, 3.8) is 0 Å². The fourth-order valence-electron chi connectivity index (χ4n) is 1.14. The molecule has 0 saturated heterocycles. The Labute approximate surface area is 64.2 Å². The topological polar surface area (TPSA) is 46.2 Å². The molecule has 3 atom stereocenters. The SMILES string of the molecule is BC(C)CC(N)CC(C)O. The molecular formula is C7H18BNO. The van der Waals surface area contributed by atoms with E-state index in [0.717, 1.165) is 12.8 Å². The summed E-state index contributed by atoms with van der Waals surface area (Å²) in [6.07, 6.45) is 1.47. The summed E-state index contributed by atoms with van der Waals surface area (Å²) in [7, 11) is 2.14. The van der Waals surface area contributed by atoms with E-state index in [1.165, 1.54) is 0 Å². The summed E-state index contributed by atoms with van der Waals surface area (Å²) in [5, 5.41) is 8.96. The molecule has 0 aromatic heterocycles. The first-order valence-corrected chi connectivity index (χ1v) is 3.96. The zero-order chi connectivity index (χ0) is 8.15. The van der Waals surface area contributed by atoms with Crippen molar-refractivity contribution in [2.24, 2.45) is 5.73 Å². The fraction of sp³-hybridized carbons (Fsp3) is 1.00. The molecule has 2 nitrogen and oxygen atoms in total. The monoisotopic (exact) mass is 143 g/mol. The molecule has 0 rings (SSSR count). The van der Waals surface area contributed by atoms with Crippen molar-refractivity contribution in [3.05, 3.63) is 0 Å². The third-order valence-electron chi connectivity index (χ3n) is 1.42. The fourth-order valence-corrected chi connectivity index (χ4v) is 1.14. The van der Waals surface area contributed by atoms with E-state index in [9.17, 15) is 0 Å². The normalized spacial score (nSPS) is 20.0. The molecule has 3 N–H and O–H groups in total. The van der Waals surface area contributed by atoms with Gasteiger partial charge in [-0.25, -0.2) is 0 Å². The zero-order valence-corrected chi connectivity index (χ0v) is 7.17. The maximum atomic E-state index is 8.96. The van der Waals surface area contributed by atoms with Crippen LogP contribution in [0.1, 0.15) is 26.7 Å². The lowest BCUT2D eigenvalue weighted by Gasteiger charge is -2.14. The maximum absolute atomic E-state index is 8.96. The molecule has 0 bridgehead atoms. The molecule has 0 aliphatic carbocycles. The number of hydrogen-bond donors (Lipinski definition) is 2. The third-order valence-corrected chi connectivity index (χ3v) is 1.42. The molecule has 0 aromatic rings. The van der Waals surface area contributed by atoms with Crippen LogP contribution in [0, 0.1) is 0 Å². The summed E-state index contributed by atoms with van der Waals surface area (Å²) in [6, 6.07) is 0.167. The zero-order valence-electron chi connectivity index (χ0n) is 7.17. The lowest BCUT2D eigenvalue weighted by atomic mass is 9.83. The molecule has 0 fully saturated rings. The Balaban J connectivity index is 3.34. The highest BCUT2D eigenvalue weighted by atomic mass is 16.3. The van der Waals surface area contributed by atoms with Crippen LogP contribution < -0.4 is 5.73 Å². The number of aliphatic hydroxyl groups is 1. The Bertz CT molecular complexity index is 75.7. The van der Waals surface area contributed by atoms with E-state index in [0.29, 0.717) is 5.82 Å². The quantitative estimate of drug-likeness (QED) is 0.540. The van der Waals surface area contributed by atoms with E-state index < -0.39 is 0 Å². The molecular weight excluding hydrogens is 125 g/mol. The van der Waals surface area contributed by atoms with E-state index in [2.05, 4.69) is 14.8 Å². The Morgan fingerprint density at radius 3 is 2.20 bits per heavy atom. The molecule has 0 spiro atoms. The van der Waals surface area contributed by atoms with Crippen LogP contribution in [0.25, 0.3) is 0 Å². The first kappa shape index (κ1) is 9.98. The largest absolute Gasteiger partial charge is 0.393 e. The number of aliphatic hydroxyl groups excluding tert-OH is 1. The van der Waals surface area contributed by atoms with Gasteiger partial charge in [0.1, 0.15) is 7.85 Å². The van der Waals surface area contributed by atoms with Crippen molar-refractivity contribution in [2.45, 2.75) is 44.7 Å². The van der Waals surface area contributed by atoms with Crippen LogP contribution in [0.2, 0.25) is 5.82 Å². The smallest absolute Gasteiger partial charge is 0.105 e. The van der Waals surface area contributed by atoms with Crippen molar-refractivity contribution in [1.29, 1.82) is 0 Å². The molecule has 0 saturated carbocycles. The van der Waals surface area contributed by atoms with Gasteiger partial charge in [-0.05, 0) is 19.8 Å². The Morgan fingerprint density at radius 1 is 1.40 bits per heavy atom.